The predicted octanol–water partition coefficient (Wildman–Crippen LogP) is 1.49. The van der Waals surface area contributed by atoms with Crippen molar-refractivity contribution in [3.63, 3.8) is 0 Å². The fourth-order valence-corrected chi connectivity index (χ4v) is 0.684. The molecule has 0 aliphatic rings. The molecule has 0 heterocycles. The summed E-state index contributed by atoms with van der Waals surface area (Å²) in [6.07, 6.45) is 9.07. The summed E-state index contributed by atoms with van der Waals surface area (Å²) >= 11 is 0. The van der Waals surface area contributed by atoms with Crippen molar-refractivity contribution in [2.24, 2.45) is 0 Å². The number of allylic oxidation sites excluding steroid dienone is 5. The van der Waals surface area contributed by atoms with E-state index in [9.17, 15) is 0 Å². The molecule has 0 atom stereocenters. The molecule has 0 aliphatic heterocycles. The molecule has 0 aromatic heterocycles. The molecule has 0 rings (SSSR count). The summed E-state index contributed by atoms with van der Waals surface area (Å²) < 4.78 is 0. The van der Waals surface area contributed by atoms with E-state index in [1.165, 1.54) is 0 Å². The maximum absolute atomic E-state index is 3.74. The van der Waals surface area contributed by atoms with Crippen molar-refractivity contribution >= 4 is 7.85 Å². The van der Waals surface area contributed by atoms with Gasteiger partial charge in [0.2, 0.25) is 0 Å². The summed E-state index contributed by atoms with van der Waals surface area (Å²) in [5, 5.41) is 3.08. The summed E-state index contributed by atoms with van der Waals surface area (Å²) in [4.78, 5) is 0. The van der Waals surface area contributed by atoms with Crippen LogP contribution in [0.15, 0.2) is 61.4 Å². The number of rotatable bonds is 5. The molecular weight excluding hydrogens is 145 g/mol. The van der Waals surface area contributed by atoms with Gasteiger partial charge in [0, 0.05) is 5.70 Å². The normalized spacial score (nSPS) is 11.2. The van der Waals surface area contributed by atoms with Gasteiger partial charge in [0.1, 0.15) is 0 Å². The van der Waals surface area contributed by atoms with E-state index in [0.717, 1.165) is 11.3 Å². The van der Waals surface area contributed by atoms with E-state index in [1.54, 1.807) is 12.2 Å². The molecule has 0 aromatic carbocycles. The zero-order valence-corrected chi connectivity index (χ0v) is 7.51. The van der Waals surface area contributed by atoms with Crippen LogP contribution in [-0.2, 0) is 0 Å². The highest BCUT2D eigenvalue weighted by Crippen LogP contribution is 1.94. The fourth-order valence-electron chi connectivity index (χ4n) is 0.684. The molecule has 0 unspecified atom stereocenters. The lowest BCUT2D eigenvalue weighted by Crippen LogP contribution is -2.09. The average Bonchev–Trinajstić information content (AvgIpc) is 2.00. The second-order valence-corrected chi connectivity index (χ2v) is 2.36. The van der Waals surface area contributed by atoms with E-state index in [1.807, 2.05) is 26.1 Å². The first-order valence-corrected chi connectivity index (χ1v) is 3.75. The van der Waals surface area contributed by atoms with E-state index < -0.39 is 0 Å². The van der Waals surface area contributed by atoms with E-state index in [0.29, 0.717) is 0 Å². The van der Waals surface area contributed by atoms with Crippen molar-refractivity contribution < 1.29 is 0 Å². The molecule has 2 heteroatoms. The first-order valence-electron chi connectivity index (χ1n) is 3.75. The van der Waals surface area contributed by atoms with Gasteiger partial charge in [-0.25, -0.2) is 0 Å². The van der Waals surface area contributed by atoms with Crippen LogP contribution in [0.1, 0.15) is 0 Å². The topological polar surface area (TPSA) is 12.0 Å². The van der Waals surface area contributed by atoms with Crippen molar-refractivity contribution in [2.45, 2.75) is 0 Å². The van der Waals surface area contributed by atoms with Crippen molar-refractivity contribution in [3.05, 3.63) is 61.4 Å². The SMILES string of the molecule is BC(=C)NC(/C=C\C=C)=C/C=C. The Bertz CT molecular complexity index is 236. The van der Waals surface area contributed by atoms with Crippen LogP contribution in [0.2, 0.25) is 0 Å². The quantitative estimate of drug-likeness (QED) is 0.473. The lowest BCUT2D eigenvalue weighted by atomic mass is 10.1. The van der Waals surface area contributed by atoms with Crippen molar-refractivity contribution in [1.82, 2.24) is 5.32 Å². The van der Waals surface area contributed by atoms with E-state index in [-0.39, 0.29) is 0 Å². The molecule has 1 N–H and O–H groups in total. The van der Waals surface area contributed by atoms with Gasteiger partial charge < -0.3 is 5.32 Å². The highest BCUT2D eigenvalue weighted by atomic mass is 14.9. The van der Waals surface area contributed by atoms with Crippen molar-refractivity contribution in [2.75, 3.05) is 0 Å². The van der Waals surface area contributed by atoms with E-state index in [2.05, 4.69) is 25.1 Å². The predicted molar refractivity (Wildman–Crippen MR) is 58.4 cm³/mol. The molecule has 1 nitrogen and oxygen atoms in total. The van der Waals surface area contributed by atoms with Gasteiger partial charge in [0.05, 0.1) is 0 Å². The largest absolute Gasteiger partial charge is 0.369 e. The lowest BCUT2D eigenvalue weighted by molar-refractivity contribution is 1.09. The van der Waals surface area contributed by atoms with Crippen LogP contribution < -0.4 is 5.32 Å². The molecular formula is C10H14BN. The fraction of sp³-hybridized carbons (Fsp3) is 0. The molecule has 0 saturated carbocycles. The van der Waals surface area contributed by atoms with Gasteiger partial charge in [0.15, 0.2) is 7.85 Å². The summed E-state index contributed by atoms with van der Waals surface area (Å²) in [7, 11) is 1.90. The third-order valence-electron chi connectivity index (χ3n) is 1.07. The van der Waals surface area contributed by atoms with Crippen LogP contribution in [0.3, 0.4) is 0 Å². The Balaban J connectivity index is 4.33. The molecule has 0 aliphatic carbocycles. The van der Waals surface area contributed by atoms with Gasteiger partial charge in [-0.15, -0.1) is 0 Å². The Labute approximate surface area is 75.3 Å². The molecule has 0 amide bonds. The van der Waals surface area contributed by atoms with Crippen molar-refractivity contribution in [3.8, 4) is 0 Å². The Morgan fingerprint density at radius 3 is 2.33 bits per heavy atom. The highest BCUT2D eigenvalue weighted by Gasteiger charge is 1.87. The second-order valence-electron chi connectivity index (χ2n) is 2.36. The Kier molecular flexibility index (Phi) is 5.53. The molecule has 0 aromatic rings. The summed E-state index contributed by atoms with van der Waals surface area (Å²) in [6, 6.07) is 0. The summed E-state index contributed by atoms with van der Waals surface area (Å²) in [5.41, 5.74) is 1.86. The molecule has 0 saturated heterocycles. The Morgan fingerprint density at radius 1 is 1.25 bits per heavy atom. The molecule has 0 radical (unpaired) electrons. The standard InChI is InChI=1S/C10H14BN/c1-4-6-8-10(7-5-2)12-9(3)11/h4-8,12H,1-3,11H2/b8-6-,10-7+. The van der Waals surface area contributed by atoms with Crippen molar-refractivity contribution in [1.29, 1.82) is 0 Å². The maximum atomic E-state index is 3.74. The Morgan fingerprint density at radius 2 is 1.92 bits per heavy atom. The first-order chi connectivity index (χ1) is 5.70. The number of hydrogen-bond donors (Lipinski definition) is 1. The molecule has 0 bridgehead atoms. The number of hydrogen-bond acceptors (Lipinski definition) is 1. The zero-order chi connectivity index (χ0) is 9.40. The van der Waals surface area contributed by atoms with E-state index in [4.69, 9.17) is 0 Å². The monoisotopic (exact) mass is 159 g/mol. The molecule has 12 heavy (non-hydrogen) atoms. The van der Waals surface area contributed by atoms with Gasteiger partial charge in [0.25, 0.3) is 0 Å². The lowest BCUT2D eigenvalue weighted by Gasteiger charge is -2.04. The minimum Gasteiger partial charge on any atom is -0.369 e. The third-order valence-corrected chi connectivity index (χ3v) is 1.07. The minimum absolute atomic E-state index is 0.900. The molecule has 0 spiro atoms. The maximum Gasteiger partial charge on any atom is 0.159 e. The van der Waals surface area contributed by atoms with Crippen LogP contribution in [0, 0.1) is 0 Å². The molecule has 0 fully saturated rings. The summed E-state index contributed by atoms with van der Waals surface area (Å²) in [5.74, 6) is 0. The van der Waals surface area contributed by atoms with Gasteiger partial charge >= 0.3 is 0 Å². The van der Waals surface area contributed by atoms with Crippen LogP contribution in [-0.4, -0.2) is 7.85 Å². The zero-order valence-electron chi connectivity index (χ0n) is 7.51. The average molecular weight is 159 g/mol. The van der Waals surface area contributed by atoms with Crippen LogP contribution in [0.25, 0.3) is 0 Å². The third kappa shape index (κ3) is 5.36. The first kappa shape index (κ1) is 10.6. The highest BCUT2D eigenvalue weighted by molar-refractivity contribution is 6.20. The van der Waals surface area contributed by atoms with Crippen LogP contribution >= 0.6 is 0 Å². The second kappa shape index (κ2) is 6.29. The Hall–Kier alpha value is -1.44. The molecule has 62 valence electrons. The van der Waals surface area contributed by atoms with Gasteiger partial charge in [-0.05, 0) is 17.7 Å². The van der Waals surface area contributed by atoms with Gasteiger partial charge in [-0.1, -0.05) is 38.0 Å². The van der Waals surface area contributed by atoms with E-state index >= 15 is 0 Å². The van der Waals surface area contributed by atoms with Crippen LogP contribution in [0.5, 0.6) is 0 Å². The van der Waals surface area contributed by atoms with Crippen LogP contribution in [0.4, 0.5) is 0 Å². The smallest absolute Gasteiger partial charge is 0.159 e. The number of nitrogens with one attached hydrogen (secondary N) is 1. The van der Waals surface area contributed by atoms with Gasteiger partial charge in [-0.3, -0.25) is 0 Å². The minimum atomic E-state index is 0.900. The van der Waals surface area contributed by atoms with Gasteiger partial charge in [-0.2, -0.15) is 0 Å². The summed E-state index contributed by atoms with van der Waals surface area (Å²) in [6.45, 7) is 10.9.